The molecule has 170 valence electrons. The summed E-state index contributed by atoms with van der Waals surface area (Å²) in [5.41, 5.74) is 2.05. The molecule has 1 aliphatic rings. The van der Waals surface area contributed by atoms with Gasteiger partial charge >= 0.3 is 5.97 Å². The molecule has 1 unspecified atom stereocenters. The Morgan fingerprint density at radius 1 is 1.18 bits per heavy atom. The van der Waals surface area contributed by atoms with Crippen LogP contribution in [0.1, 0.15) is 31.0 Å². The number of carbonyl (C=O) groups is 1. The largest absolute Gasteiger partial charge is 0.497 e. The molecule has 2 aromatic carbocycles. The van der Waals surface area contributed by atoms with E-state index >= 15 is 0 Å². The van der Waals surface area contributed by atoms with Crippen molar-refractivity contribution in [3.05, 3.63) is 94.6 Å². The van der Waals surface area contributed by atoms with E-state index in [4.69, 9.17) is 32.7 Å². The Morgan fingerprint density at radius 3 is 2.55 bits per heavy atom. The summed E-state index contributed by atoms with van der Waals surface area (Å²) in [5, 5.41) is 0.833. The van der Waals surface area contributed by atoms with Gasteiger partial charge in [-0.15, -0.1) is 0 Å². The number of hydrogen-bond donors (Lipinski definition) is 0. The first kappa shape index (κ1) is 23.3. The molecule has 0 amide bonds. The van der Waals surface area contributed by atoms with Crippen LogP contribution in [0.15, 0.2) is 63.5 Å². The number of carbonyl (C=O) groups excluding carboxylic acids is 1. The molecule has 33 heavy (non-hydrogen) atoms. The van der Waals surface area contributed by atoms with Gasteiger partial charge in [-0.3, -0.25) is 9.36 Å². The van der Waals surface area contributed by atoms with Crippen LogP contribution in [0.4, 0.5) is 0 Å². The van der Waals surface area contributed by atoms with Crippen molar-refractivity contribution in [1.29, 1.82) is 0 Å². The molecule has 0 N–H and O–H groups in total. The van der Waals surface area contributed by atoms with Crippen LogP contribution in [0.2, 0.25) is 10.0 Å². The molecule has 0 bridgehead atoms. The van der Waals surface area contributed by atoms with Gasteiger partial charge in [0.1, 0.15) is 5.75 Å². The Hall–Kier alpha value is -2.87. The van der Waals surface area contributed by atoms with Crippen LogP contribution in [-0.4, -0.2) is 24.3 Å². The summed E-state index contributed by atoms with van der Waals surface area (Å²) in [6, 6.07) is 11.7. The van der Waals surface area contributed by atoms with Gasteiger partial charge in [0.05, 0.1) is 45.6 Å². The fourth-order valence-electron chi connectivity index (χ4n) is 3.65. The normalized spacial score (nSPS) is 15.8. The lowest BCUT2D eigenvalue weighted by Crippen LogP contribution is -2.39. The SMILES string of the molecule is CCOC(=O)C1=C(C)N=c2s/c(=C\c3ccc(Cl)c(Cl)c3)c(=O)n2C1c1ccc(OC)cc1. The van der Waals surface area contributed by atoms with Crippen LogP contribution < -0.4 is 19.6 Å². The van der Waals surface area contributed by atoms with Gasteiger partial charge in [0.25, 0.3) is 5.56 Å². The topological polar surface area (TPSA) is 69.9 Å². The smallest absolute Gasteiger partial charge is 0.338 e. The number of benzene rings is 2. The number of nitrogens with zero attached hydrogens (tertiary/aromatic N) is 2. The first-order valence-corrected chi connectivity index (χ1v) is 11.7. The quantitative estimate of drug-likeness (QED) is 0.492. The molecule has 4 rings (SSSR count). The molecule has 3 aromatic rings. The lowest BCUT2D eigenvalue weighted by Gasteiger charge is -2.24. The molecular formula is C24H20Cl2N2O4S. The van der Waals surface area contributed by atoms with E-state index in [0.29, 0.717) is 36.4 Å². The second-order valence-corrected chi connectivity index (χ2v) is 9.07. The van der Waals surface area contributed by atoms with E-state index in [1.54, 1.807) is 57.4 Å². The monoisotopic (exact) mass is 502 g/mol. The number of hydrogen-bond acceptors (Lipinski definition) is 6. The second kappa shape index (κ2) is 9.55. The van der Waals surface area contributed by atoms with Gasteiger partial charge in [0.15, 0.2) is 4.80 Å². The third-order valence-corrected chi connectivity index (χ3v) is 6.91. The Morgan fingerprint density at radius 2 is 1.91 bits per heavy atom. The van der Waals surface area contributed by atoms with E-state index in [2.05, 4.69) is 4.99 Å². The molecule has 1 aliphatic heterocycles. The lowest BCUT2D eigenvalue weighted by atomic mass is 9.96. The van der Waals surface area contributed by atoms with E-state index in [9.17, 15) is 9.59 Å². The van der Waals surface area contributed by atoms with Crippen molar-refractivity contribution in [1.82, 2.24) is 4.57 Å². The van der Waals surface area contributed by atoms with Crippen LogP contribution in [-0.2, 0) is 9.53 Å². The molecule has 0 radical (unpaired) electrons. The summed E-state index contributed by atoms with van der Waals surface area (Å²) in [6.07, 6.45) is 1.74. The van der Waals surface area contributed by atoms with Gasteiger partial charge < -0.3 is 9.47 Å². The van der Waals surface area contributed by atoms with Crippen molar-refractivity contribution >= 4 is 46.6 Å². The highest BCUT2D eigenvalue weighted by molar-refractivity contribution is 7.07. The Labute approximate surface area is 204 Å². The third kappa shape index (κ3) is 4.49. The van der Waals surface area contributed by atoms with Gasteiger partial charge in [-0.2, -0.15) is 0 Å². The van der Waals surface area contributed by atoms with Crippen LogP contribution in [0.3, 0.4) is 0 Å². The van der Waals surface area contributed by atoms with Crippen molar-refractivity contribution in [2.75, 3.05) is 13.7 Å². The highest BCUT2D eigenvalue weighted by atomic mass is 35.5. The zero-order chi connectivity index (χ0) is 23.7. The number of fused-ring (bicyclic) bond motifs is 1. The number of rotatable bonds is 5. The zero-order valence-corrected chi connectivity index (χ0v) is 20.4. The average molecular weight is 503 g/mol. The first-order chi connectivity index (χ1) is 15.8. The molecule has 0 saturated carbocycles. The molecule has 0 fully saturated rings. The number of thiazole rings is 1. The maximum Gasteiger partial charge on any atom is 0.338 e. The Bertz CT molecular complexity index is 1440. The number of ether oxygens (including phenoxy) is 2. The van der Waals surface area contributed by atoms with E-state index in [1.165, 1.54) is 15.9 Å². The number of halogens is 2. The average Bonchev–Trinajstić information content (AvgIpc) is 3.10. The highest BCUT2D eigenvalue weighted by Gasteiger charge is 2.33. The van der Waals surface area contributed by atoms with Gasteiger partial charge in [-0.05, 0) is 55.3 Å². The Balaban J connectivity index is 1.94. The summed E-state index contributed by atoms with van der Waals surface area (Å²) in [5.74, 6) is 0.169. The fraction of sp³-hybridized carbons (Fsp3) is 0.208. The van der Waals surface area contributed by atoms with E-state index < -0.39 is 12.0 Å². The van der Waals surface area contributed by atoms with Gasteiger partial charge in [-0.1, -0.05) is 52.7 Å². The summed E-state index contributed by atoms with van der Waals surface area (Å²) in [7, 11) is 1.58. The number of methoxy groups -OCH3 is 1. The summed E-state index contributed by atoms with van der Waals surface area (Å²) in [4.78, 5) is 31.5. The maximum atomic E-state index is 13.5. The molecular weight excluding hydrogens is 483 g/mol. The molecule has 6 nitrogen and oxygen atoms in total. The van der Waals surface area contributed by atoms with E-state index in [-0.39, 0.29) is 12.2 Å². The summed E-state index contributed by atoms with van der Waals surface area (Å²) >= 11 is 13.4. The summed E-state index contributed by atoms with van der Waals surface area (Å²) < 4.78 is 12.6. The van der Waals surface area contributed by atoms with E-state index in [0.717, 1.165) is 11.1 Å². The third-order valence-electron chi connectivity index (χ3n) is 5.19. The molecule has 1 atom stereocenters. The number of allylic oxidation sites excluding steroid dienone is 1. The predicted molar refractivity (Wildman–Crippen MR) is 130 cm³/mol. The zero-order valence-electron chi connectivity index (χ0n) is 18.1. The van der Waals surface area contributed by atoms with Gasteiger partial charge in [-0.25, -0.2) is 9.79 Å². The minimum Gasteiger partial charge on any atom is -0.497 e. The molecule has 9 heteroatoms. The Kier molecular flexibility index (Phi) is 6.74. The summed E-state index contributed by atoms with van der Waals surface area (Å²) in [6.45, 7) is 3.70. The van der Waals surface area contributed by atoms with Crippen molar-refractivity contribution in [2.45, 2.75) is 19.9 Å². The van der Waals surface area contributed by atoms with Crippen LogP contribution in [0.25, 0.3) is 6.08 Å². The molecule has 0 aliphatic carbocycles. The van der Waals surface area contributed by atoms with Gasteiger partial charge in [0.2, 0.25) is 0 Å². The maximum absolute atomic E-state index is 13.5. The van der Waals surface area contributed by atoms with Crippen LogP contribution in [0.5, 0.6) is 5.75 Å². The lowest BCUT2D eigenvalue weighted by molar-refractivity contribution is -0.139. The van der Waals surface area contributed by atoms with E-state index in [1.807, 2.05) is 12.1 Å². The fourth-order valence-corrected chi connectivity index (χ4v) is 5.00. The highest BCUT2D eigenvalue weighted by Crippen LogP contribution is 2.31. The van der Waals surface area contributed by atoms with Crippen molar-refractivity contribution in [2.24, 2.45) is 4.99 Å². The van der Waals surface area contributed by atoms with Gasteiger partial charge in [0, 0.05) is 0 Å². The van der Waals surface area contributed by atoms with Crippen molar-refractivity contribution in [3.8, 4) is 5.75 Å². The molecule has 2 heterocycles. The van der Waals surface area contributed by atoms with Crippen molar-refractivity contribution in [3.63, 3.8) is 0 Å². The standard InChI is InChI=1S/C24H20Cl2N2O4S/c1-4-32-23(30)20-13(2)27-24-28(21(20)15-6-8-16(31-3)9-7-15)22(29)19(33-24)12-14-5-10-17(25)18(26)11-14/h5-12,21H,4H2,1-3H3/b19-12-. The predicted octanol–water partition coefficient (Wildman–Crippen LogP) is 4.11. The number of aromatic nitrogens is 1. The van der Waals surface area contributed by atoms with Crippen molar-refractivity contribution < 1.29 is 14.3 Å². The minimum absolute atomic E-state index is 0.215. The molecule has 0 spiro atoms. The first-order valence-electron chi connectivity index (χ1n) is 10.1. The van der Waals surface area contributed by atoms with Crippen LogP contribution in [0, 0.1) is 0 Å². The molecule has 0 saturated heterocycles. The van der Waals surface area contributed by atoms with Crippen LogP contribution >= 0.6 is 34.5 Å². The second-order valence-electron chi connectivity index (χ2n) is 7.25. The minimum atomic E-state index is -0.679. The molecule has 1 aromatic heterocycles. The number of esters is 1.